The van der Waals surface area contributed by atoms with Crippen LogP contribution in [-0.2, 0) is 14.1 Å². The van der Waals surface area contributed by atoms with E-state index >= 15 is 0 Å². The lowest BCUT2D eigenvalue weighted by Gasteiger charge is -2.20. The van der Waals surface area contributed by atoms with Crippen LogP contribution in [-0.4, -0.2) is 28.7 Å². The van der Waals surface area contributed by atoms with Crippen LogP contribution >= 0.6 is 0 Å². The molecule has 0 spiro atoms. The number of imidazole rings is 3. The Balaban J connectivity index is 1.43. The Bertz CT molecular complexity index is 2810. The minimum atomic E-state index is 0.872. The number of allylic oxidation sites excluding steroid dienone is 2. The summed E-state index contributed by atoms with van der Waals surface area (Å²) in [6, 6.07) is 44.3. The fraction of sp³-hybridized carbons (Fsp3) is 0.0682. The van der Waals surface area contributed by atoms with Crippen molar-refractivity contribution in [1.29, 1.82) is 0 Å². The summed E-state index contributed by atoms with van der Waals surface area (Å²) in [4.78, 5) is 15.7. The highest BCUT2D eigenvalue weighted by Crippen LogP contribution is 2.43. The highest BCUT2D eigenvalue weighted by atomic mass is 15.1. The molecule has 240 valence electrons. The molecule has 50 heavy (non-hydrogen) atoms. The summed E-state index contributed by atoms with van der Waals surface area (Å²) in [7, 11) is 4.18. The van der Waals surface area contributed by atoms with E-state index in [-0.39, 0.29) is 0 Å². The number of hydrogen-bond acceptors (Lipinski definition) is 3. The Hall–Kier alpha value is -6.53. The summed E-state index contributed by atoms with van der Waals surface area (Å²) in [6.07, 6.45) is 3.94. The number of hydrogen-bond donors (Lipinski definition) is 0. The second-order valence-electron chi connectivity index (χ2n) is 12.7. The van der Waals surface area contributed by atoms with Crippen LogP contribution in [0.1, 0.15) is 17.0 Å². The summed E-state index contributed by atoms with van der Waals surface area (Å²) in [6.45, 7) is 6.36. The lowest BCUT2D eigenvalue weighted by Crippen LogP contribution is -2.05. The Morgan fingerprint density at radius 3 is 1.88 bits per heavy atom. The van der Waals surface area contributed by atoms with Crippen molar-refractivity contribution in [2.45, 2.75) is 6.92 Å². The lowest BCUT2D eigenvalue weighted by molar-refractivity contribution is 0.922. The standard InChI is InChI=1S/C44H34N6/c1-5-16-31(42-45-35-21-9-12-24-38(35)48(42)3)33-27-34-30(19-15-20-32(34)43-46-36-22-10-13-25-39(36)49(43)4)41(28(33)2)44-47-37-23-11-14-26-40(37)50(44)29-17-7-6-8-18-29/h5-27H,1H2,2-4H3/b31-16+. The SMILES string of the molecule is C=C/C=C(\c1cc2c(-c3nc4ccccc4n3C)cccc2c(-c2nc3ccccc3n2-c2ccccc2)c1C)c1nc2ccccc2n1C. The zero-order valence-corrected chi connectivity index (χ0v) is 28.2. The van der Waals surface area contributed by atoms with Crippen LogP contribution in [0.4, 0.5) is 0 Å². The Morgan fingerprint density at radius 2 is 1.20 bits per heavy atom. The van der Waals surface area contributed by atoms with Crippen molar-refractivity contribution in [1.82, 2.24) is 28.7 Å². The number of para-hydroxylation sites is 7. The summed E-state index contributed by atoms with van der Waals surface area (Å²) >= 11 is 0. The molecule has 3 aromatic heterocycles. The molecule has 0 unspecified atom stereocenters. The van der Waals surface area contributed by atoms with Gasteiger partial charge in [0.2, 0.25) is 0 Å². The Kier molecular flexibility index (Phi) is 6.85. The van der Waals surface area contributed by atoms with Gasteiger partial charge in [0.15, 0.2) is 0 Å². The quantitative estimate of drug-likeness (QED) is 0.169. The van der Waals surface area contributed by atoms with Gasteiger partial charge in [-0.1, -0.05) is 91.5 Å². The number of fused-ring (bicyclic) bond motifs is 4. The zero-order valence-electron chi connectivity index (χ0n) is 28.2. The average molecular weight is 647 g/mol. The van der Waals surface area contributed by atoms with Crippen molar-refractivity contribution >= 4 is 49.4 Å². The first-order chi connectivity index (χ1) is 24.5. The van der Waals surface area contributed by atoms with Crippen LogP contribution in [0.2, 0.25) is 0 Å². The molecule has 3 heterocycles. The molecule has 0 amide bonds. The predicted octanol–water partition coefficient (Wildman–Crippen LogP) is 10.2. The Morgan fingerprint density at radius 1 is 0.600 bits per heavy atom. The van der Waals surface area contributed by atoms with E-state index in [1.54, 1.807) is 0 Å². The fourth-order valence-electron chi connectivity index (χ4n) is 7.50. The molecular formula is C44H34N6. The van der Waals surface area contributed by atoms with Gasteiger partial charge in [-0.05, 0) is 83.4 Å². The van der Waals surface area contributed by atoms with Gasteiger partial charge < -0.3 is 9.13 Å². The van der Waals surface area contributed by atoms with Crippen LogP contribution in [0, 0.1) is 6.92 Å². The molecule has 0 fully saturated rings. The van der Waals surface area contributed by atoms with Gasteiger partial charge >= 0.3 is 0 Å². The van der Waals surface area contributed by atoms with Crippen molar-refractivity contribution in [3.8, 4) is 28.5 Å². The van der Waals surface area contributed by atoms with Gasteiger partial charge in [-0.25, -0.2) is 15.0 Å². The van der Waals surface area contributed by atoms with Crippen LogP contribution in [0.25, 0.3) is 77.9 Å². The van der Waals surface area contributed by atoms with Gasteiger partial charge in [0.1, 0.15) is 17.5 Å². The molecule has 0 saturated carbocycles. The maximum absolute atomic E-state index is 5.38. The molecule has 0 N–H and O–H groups in total. The molecule has 0 atom stereocenters. The van der Waals surface area contributed by atoms with E-state index in [0.29, 0.717) is 0 Å². The van der Waals surface area contributed by atoms with Gasteiger partial charge in [-0.2, -0.15) is 0 Å². The number of benzene rings is 6. The topological polar surface area (TPSA) is 53.5 Å². The molecule has 0 bridgehead atoms. The first-order valence-electron chi connectivity index (χ1n) is 16.8. The number of aromatic nitrogens is 6. The normalized spacial score (nSPS) is 12.1. The summed E-state index contributed by atoms with van der Waals surface area (Å²) in [5, 5.41) is 2.19. The molecule has 0 aliphatic carbocycles. The third kappa shape index (κ3) is 4.46. The van der Waals surface area contributed by atoms with Crippen LogP contribution in [0.5, 0.6) is 0 Å². The lowest BCUT2D eigenvalue weighted by atomic mass is 9.88. The summed E-state index contributed by atoms with van der Waals surface area (Å²) < 4.78 is 6.65. The molecule has 6 heteroatoms. The van der Waals surface area contributed by atoms with Crippen molar-refractivity contribution in [2.75, 3.05) is 0 Å². The highest BCUT2D eigenvalue weighted by molar-refractivity contribution is 6.08. The summed E-state index contributed by atoms with van der Waals surface area (Å²) in [5.41, 5.74) is 12.4. The van der Waals surface area contributed by atoms with Gasteiger partial charge in [0.25, 0.3) is 0 Å². The van der Waals surface area contributed by atoms with Crippen LogP contribution in [0.15, 0.2) is 146 Å². The summed E-state index contributed by atoms with van der Waals surface area (Å²) in [5.74, 6) is 2.66. The number of nitrogens with zero attached hydrogens (tertiary/aromatic N) is 6. The molecule has 6 nitrogen and oxygen atoms in total. The van der Waals surface area contributed by atoms with E-state index in [1.165, 1.54) is 0 Å². The minimum Gasteiger partial charge on any atom is -0.327 e. The third-order valence-corrected chi connectivity index (χ3v) is 9.87. The second-order valence-corrected chi connectivity index (χ2v) is 12.7. The third-order valence-electron chi connectivity index (χ3n) is 9.87. The molecule has 0 radical (unpaired) electrons. The molecular weight excluding hydrogens is 613 g/mol. The monoisotopic (exact) mass is 646 g/mol. The first-order valence-corrected chi connectivity index (χ1v) is 16.8. The smallest absolute Gasteiger partial charge is 0.146 e. The fourth-order valence-corrected chi connectivity index (χ4v) is 7.50. The first kappa shape index (κ1) is 29.6. The van der Waals surface area contributed by atoms with E-state index in [4.69, 9.17) is 15.0 Å². The molecule has 0 aliphatic rings. The molecule has 0 aliphatic heterocycles. The van der Waals surface area contributed by atoms with Crippen molar-refractivity contribution in [2.24, 2.45) is 14.1 Å². The number of aryl methyl sites for hydroxylation is 2. The average Bonchev–Trinajstić information content (AvgIpc) is 3.81. The zero-order chi connectivity index (χ0) is 33.9. The maximum Gasteiger partial charge on any atom is 0.146 e. The van der Waals surface area contributed by atoms with E-state index in [1.807, 2.05) is 18.2 Å². The molecule has 9 aromatic rings. The van der Waals surface area contributed by atoms with E-state index < -0.39 is 0 Å². The van der Waals surface area contributed by atoms with Crippen LogP contribution < -0.4 is 0 Å². The van der Waals surface area contributed by atoms with Crippen molar-refractivity contribution in [3.63, 3.8) is 0 Å². The van der Waals surface area contributed by atoms with Crippen LogP contribution in [0.3, 0.4) is 0 Å². The van der Waals surface area contributed by atoms with E-state index in [0.717, 1.165) is 94.9 Å². The number of rotatable bonds is 6. The highest BCUT2D eigenvalue weighted by Gasteiger charge is 2.25. The maximum atomic E-state index is 5.38. The van der Waals surface area contributed by atoms with Gasteiger partial charge in [-0.3, -0.25) is 4.57 Å². The molecule has 0 saturated heterocycles. The second kappa shape index (κ2) is 11.6. The van der Waals surface area contributed by atoms with Gasteiger partial charge in [-0.15, -0.1) is 0 Å². The van der Waals surface area contributed by atoms with E-state index in [9.17, 15) is 0 Å². The Labute approximate surface area is 289 Å². The largest absolute Gasteiger partial charge is 0.327 e. The minimum absolute atomic E-state index is 0.872. The molecule has 9 rings (SSSR count). The molecule has 6 aromatic carbocycles. The van der Waals surface area contributed by atoms with Crippen molar-refractivity contribution < 1.29 is 0 Å². The predicted molar refractivity (Wildman–Crippen MR) is 206 cm³/mol. The van der Waals surface area contributed by atoms with Crippen molar-refractivity contribution in [3.05, 3.63) is 163 Å². The van der Waals surface area contributed by atoms with Gasteiger partial charge in [0.05, 0.1) is 33.1 Å². The van der Waals surface area contributed by atoms with Gasteiger partial charge in [0, 0.05) is 36.5 Å². The van der Waals surface area contributed by atoms with E-state index in [2.05, 4.69) is 163 Å².